The van der Waals surface area contributed by atoms with Crippen LogP contribution in [0.1, 0.15) is 20.8 Å². The van der Waals surface area contributed by atoms with Crippen LogP contribution in [0, 0.1) is 5.92 Å². The fourth-order valence-corrected chi connectivity index (χ4v) is 3.32. The first kappa shape index (κ1) is 14.9. The molecule has 0 aliphatic carbocycles. The molecule has 0 aromatic heterocycles. The molecule has 0 aliphatic heterocycles. The van der Waals surface area contributed by atoms with Crippen molar-refractivity contribution in [3.8, 4) is 0 Å². The normalized spacial score (nSPS) is 14.9. The zero-order valence-corrected chi connectivity index (χ0v) is 13.0. The third kappa shape index (κ3) is 4.90. The molecule has 0 heterocycles. The van der Waals surface area contributed by atoms with Crippen LogP contribution in [-0.2, 0) is 10.8 Å². The molecule has 96 valence electrons. The first-order chi connectivity index (χ1) is 8.04. The molecule has 2 atom stereocenters. The highest BCUT2D eigenvalue weighted by Crippen LogP contribution is 2.15. The van der Waals surface area contributed by atoms with Gasteiger partial charge in [-0.05, 0) is 36.7 Å². The lowest BCUT2D eigenvalue weighted by molar-refractivity contribution is 0.440. The summed E-state index contributed by atoms with van der Waals surface area (Å²) in [6, 6.07) is 8.02. The Labute approximate surface area is 115 Å². The van der Waals surface area contributed by atoms with E-state index in [2.05, 4.69) is 42.0 Å². The Balaban J connectivity index is 2.66. The maximum Gasteiger partial charge on any atom is 0.0545 e. The minimum Gasteiger partial charge on any atom is -0.313 e. The van der Waals surface area contributed by atoms with Crippen LogP contribution >= 0.6 is 15.9 Å². The van der Waals surface area contributed by atoms with Crippen molar-refractivity contribution in [2.45, 2.75) is 31.7 Å². The standard InChI is InChI=1S/C13H20BrNOS/c1-4-15-13(10(2)3)9-17(16)12-7-5-11(14)6-8-12/h5-8,10,13,15H,4,9H2,1-3H3. The lowest BCUT2D eigenvalue weighted by Crippen LogP contribution is -2.38. The van der Waals surface area contributed by atoms with Crippen molar-refractivity contribution in [3.05, 3.63) is 28.7 Å². The molecule has 2 unspecified atom stereocenters. The Hall–Kier alpha value is -0.190. The monoisotopic (exact) mass is 317 g/mol. The second-order valence-electron chi connectivity index (χ2n) is 4.37. The largest absolute Gasteiger partial charge is 0.313 e. The van der Waals surface area contributed by atoms with Gasteiger partial charge in [0.25, 0.3) is 0 Å². The van der Waals surface area contributed by atoms with Crippen LogP contribution in [0.2, 0.25) is 0 Å². The maximum absolute atomic E-state index is 12.2. The van der Waals surface area contributed by atoms with E-state index in [0.717, 1.165) is 15.9 Å². The summed E-state index contributed by atoms with van der Waals surface area (Å²) < 4.78 is 13.2. The quantitative estimate of drug-likeness (QED) is 0.873. The van der Waals surface area contributed by atoms with Gasteiger partial charge in [-0.2, -0.15) is 0 Å². The molecule has 0 bridgehead atoms. The molecular formula is C13H20BrNOS. The minimum absolute atomic E-state index is 0.310. The van der Waals surface area contributed by atoms with Crippen molar-refractivity contribution in [1.82, 2.24) is 5.32 Å². The van der Waals surface area contributed by atoms with Gasteiger partial charge in [0.2, 0.25) is 0 Å². The van der Waals surface area contributed by atoms with Crippen molar-refractivity contribution in [2.24, 2.45) is 5.92 Å². The van der Waals surface area contributed by atoms with E-state index in [-0.39, 0.29) is 0 Å². The SMILES string of the molecule is CCNC(CS(=O)c1ccc(Br)cc1)C(C)C. The molecular weight excluding hydrogens is 298 g/mol. The molecule has 0 radical (unpaired) electrons. The lowest BCUT2D eigenvalue weighted by Gasteiger charge is -2.21. The highest BCUT2D eigenvalue weighted by molar-refractivity contribution is 9.10. The Morgan fingerprint density at radius 2 is 1.88 bits per heavy atom. The van der Waals surface area contributed by atoms with E-state index in [9.17, 15) is 4.21 Å². The van der Waals surface area contributed by atoms with E-state index in [1.807, 2.05) is 24.3 Å². The van der Waals surface area contributed by atoms with E-state index in [0.29, 0.717) is 17.7 Å². The van der Waals surface area contributed by atoms with Gasteiger partial charge in [-0.15, -0.1) is 0 Å². The lowest BCUT2D eigenvalue weighted by atomic mass is 10.1. The average molecular weight is 318 g/mol. The molecule has 0 fully saturated rings. The van der Waals surface area contributed by atoms with Gasteiger partial charge in [0.05, 0.1) is 10.8 Å². The predicted octanol–water partition coefficient (Wildman–Crippen LogP) is 3.19. The number of hydrogen-bond acceptors (Lipinski definition) is 2. The van der Waals surface area contributed by atoms with Gasteiger partial charge >= 0.3 is 0 Å². The number of rotatable bonds is 6. The minimum atomic E-state index is -0.927. The molecule has 0 saturated carbocycles. The zero-order chi connectivity index (χ0) is 12.8. The van der Waals surface area contributed by atoms with Crippen LogP contribution in [0.4, 0.5) is 0 Å². The van der Waals surface area contributed by atoms with Crippen LogP contribution < -0.4 is 5.32 Å². The molecule has 0 aliphatic rings. The van der Waals surface area contributed by atoms with E-state index < -0.39 is 10.8 Å². The molecule has 2 nitrogen and oxygen atoms in total. The van der Waals surface area contributed by atoms with E-state index >= 15 is 0 Å². The second-order valence-corrected chi connectivity index (χ2v) is 6.79. The highest BCUT2D eigenvalue weighted by atomic mass is 79.9. The van der Waals surface area contributed by atoms with Gasteiger partial charge in [-0.1, -0.05) is 36.7 Å². The van der Waals surface area contributed by atoms with Crippen LogP contribution in [0.5, 0.6) is 0 Å². The van der Waals surface area contributed by atoms with Crippen LogP contribution in [0.25, 0.3) is 0 Å². The fourth-order valence-electron chi connectivity index (χ4n) is 1.59. The molecule has 1 N–H and O–H groups in total. The molecule has 17 heavy (non-hydrogen) atoms. The van der Waals surface area contributed by atoms with Gasteiger partial charge in [0.15, 0.2) is 0 Å². The summed E-state index contributed by atoms with van der Waals surface area (Å²) in [4.78, 5) is 0.900. The van der Waals surface area contributed by atoms with Crippen LogP contribution in [-0.4, -0.2) is 22.5 Å². The Kier molecular flexibility index (Phi) is 6.38. The molecule has 1 aromatic carbocycles. The summed E-state index contributed by atoms with van der Waals surface area (Å²) in [5.74, 6) is 1.17. The van der Waals surface area contributed by atoms with E-state index in [4.69, 9.17) is 0 Å². The first-order valence-corrected chi connectivity index (χ1v) is 8.03. The Morgan fingerprint density at radius 1 is 1.29 bits per heavy atom. The number of benzene rings is 1. The van der Waals surface area contributed by atoms with E-state index in [1.54, 1.807) is 0 Å². The first-order valence-electron chi connectivity index (χ1n) is 5.92. The third-order valence-corrected chi connectivity index (χ3v) is 4.67. The fraction of sp³-hybridized carbons (Fsp3) is 0.538. The van der Waals surface area contributed by atoms with Crippen molar-refractivity contribution in [3.63, 3.8) is 0 Å². The van der Waals surface area contributed by atoms with Gasteiger partial charge in [0, 0.05) is 21.2 Å². The smallest absolute Gasteiger partial charge is 0.0545 e. The van der Waals surface area contributed by atoms with Crippen LogP contribution in [0.3, 0.4) is 0 Å². The zero-order valence-electron chi connectivity index (χ0n) is 10.6. The van der Waals surface area contributed by atoms with Gasteiger partial charge in [0.1, 0.15) is 0 Å². The molecule has 1 rings (SSSR count). The summed E-state index contributed by atoms with van der Waals surface area (Å²) >= 11 is 3.38. The maximum atomic E-state index is 12.2. The number of halogens is 1. The Bertz CT molecular complexity index is 364. The molecule has 4 heteroatoms. The summed E-state index contributed by atoms with van der Waals surface area (Å²) in [6.45, 7) is 7.32. The molecule has 1 aromatic rings. The topological polar surface area (TPSA) is 29.1 Å². The molecule has 0 spiro atoms. The highest BCUT2D eigenvalue weighted by Gasteiger charge is 2.16. The molecule has 0 amide bonds. The van der Waals surface area contributed by atoms with Gasteiger partial charge in [-0.3, -0.25) is 4.21 Å². The average Bonchev–Trinajstić information content (AvgIpc) is 2.29. The van der Waals surface area contributed by atoms with E-state index in [1.165, 1.54) is 0 Å². The van der Waals surface area contributed by atoms with Crippen molar-refractivity contribution < 1.29 is 4.21 Å². The van der Waals surface area contributed by atoms with Crippen molar-refractivity contribution in [2.75, 3.05) is 12.3 Å². The molecule has 0 saturated heterocycles. The van der Waals surface area contributed by atoms with Gasteiger partial charge < -0.3 is 5.32 Å². The Morgan fingerprint density at radius 3 is 2.35 bits per heavy atom. The van der Waals surface area contributed by atoms with Crippen molar-refractivity contribution in [1.29, 1.82) is 0 Å². The van der Waals surface area contributed by atoms with Crippen LogP contribution in [0.15, 0.2) is 33.6 Å². The van der Waals surface area contributed by atoms with Gasteiger partial charge in [-0.25, -0.2) is 0 Å². The number of nitrogens with one attached hydrogen (secondary N) is 1. The summed E-state index contributed by atoms with van der Waals surface area (Å²) in [5, 5.41) is 3.39. The summed E-state index contributed by atoms with van der Waals surface area (Å²) in [7, 11) is -0.927. The van der Waals surface area contributed by atoms with Crippen molar-refractivity contribution >= 4 is 26.7 Å². The second kappa shape index (κ2) is 7.29. The predicted molar refractivity (Wildman–Crippen MR) is 77.7 cm³/mol. The summed E-state index contributed by atoms with van der Waals surface area (Å²) in [6.07, 6.45) is 0. The third-order valence-electron chi connectivity index (χ3n) is 2.68. The number of hydrogen-bond donors (Lipinski definition) is 1. The summed E-state index contributed by atoms with van der Waals surface area (Å²) in [5.41, 5.74) is 0.